The van der Waals surface area contributed by atoms with Crippen molar-refractivity contribution >= 4 is 23.4 Å². The molecule has 0 fully saturated rings. The highest BCUT2D eigenvalue weighted by Crippen LogP contribution is 2.34. The van der Waals surface area contributed by atoms with Gasteiger partial charge in [-0.05, 0) is 30.3 Å². The average molecular weight is 309 g/mol. The average Bonchev–Trinajstić information content (AvgIpc) is 2.40. The van der Waals surface area contributed by atoms with Crippen molar-refractivity contribution in [2.75, 3.05) is 0 Å². The lowest BCUT2D eigenvalue weighted by Crippen LogP contribution is -2.03. The summed E-state index contributed by atoms with van der Waals surface area (Å²) in [5, 5.41) is 20.0. The summed E-state index contributed by atoms with van der Waals surface area (Å²) in [6, 6.07) is 1.49. The number of aromatic nitrogens is 2. The number of aromatic carboxylic acids is 1. The highest BCUT2D eigenvalue weighted by atomic mass is 32.2. The minimum Gasteiger partial charge on any atom is -0.478 e. The van der Waals surface area contributed by atoms with Crippen LogP contribution < -0.4 is 0 Å². The molecule has 0 radical (unpaired) electrons. The summed E-state index contributed by atoms with van der Waals surface area (Å²) in [5.41, 5.74) is -0.458. The Balaban J connectivity index is 2.47. The second-order valence-corrected chi connectivity index (χ2v) is 5.02. The SMILES string of the molecule is Cc1cnc(Sc2cc(F)c(C(=O)O)cc2[N+](=O)[O-])nc1. The molecule has 0 saturated carbocycles. The van der Waals surface area contributed by atoms with E-state index in [0.717, 1.165) is 23.4 Å². The van der Waals surface area contributed by atoms with E-state index in [1.165, 1.54) is 12.4 Å². The van der Waals surface area contributed by atoms with Gasteiger partial charge in [0, 0.05) is 18.5 Å². The number of nitro benzene ring substituents is 1. The molecular weight excluding hydrogens is 301 g/mol. The number of aryl methyl sites for hydroxylation is 1. The zero-order valence-corrected chi connectivity index (χ0v) is 11.4. The molecule has 0 aliphatic carbocycles. The summed E-state index contributed by atoms with van der Waals surface area (Å²) in [7, 11) is 0. The number of nitrogens with zero attached hydrogens (tertiary/aromatic N) is 3. The molecular formula is C12H8FN3O4S. The van der Waals surface area contributed by atoms with Gasteiger partial charge in [-0.2, -0.15) is 0 Å². The van der Waals surface area contributed by atoms with E-state index in [4.69, 9.17) is 5.11 Å². The van der Waals surface area contributed by atoms with E-state index in [1.54, 1.807) is 6.92 Å². The molecule has 1 aromatic carbocycles. The fourth-order valence-electron chi connectivity index (χ4n) is 1.46. The van der Waals surface area contributed by atoms with E-state index in [0.29, 0.717) is 6.07 Å². The third-order valence-corrected chi connectivity index (χ3v) is 3.37. The molecule has 0 aliphatic rings. The number of halogens is 1. The number of carboxylic acid groups (broad SMARTS) is 1. The van der Waals surface area contributed by atoms with E-state index in [1.807, 2.05) is 0 Å². The molecule has 0 spiro atoms. The summed E-state index contributed by atoms with van der Waals surface area (Å²) in [5.74, 6) is -2.62. The lowest BCUT2D eigenvalue weighted by atomic mass is 10.2. The van der Waals surface area contributed by atoms with Crippen LogP contribution in [0.1, 0.15) is 15.9 Å². The van der Waals surface area contributed by atoms with E-state index >= 15 is 0 Å². The van der Waals surface area contributed by atoms with Crippen LogP contribution in [0.15, 0.2) is 34.6 Å². The van der Waals surface area contributed by atoms with Crippen molar-refractivity contribution in [3.8, 4) is 0 Å². The Morgan fingerprint density at radius 1 is 1.38 bits per heavy atom. The lowest BCUT2D eigenvalue weighted by molar-refractivity contribution is -0.387. The van der Waals surface area contributed by atoms with Crippen LogP contribution in [0.3, 0.4) is 0 Å². The van der Waals surface area contributed by atoms with Crippen LogP contribution in [0.5, 0.6) is 0 Å². The van der Waals surface area contributed by atoms with Crippen molar-refractivity contribution in [2.45, 2.75) is 17.0 Å². The van der Waals surface area contributed by atoms with Crippen molar-refractivity contribution < 1.29 is 19.2 Å². The number of carboxylic acids is 1. The second-order valence-electron chi connectivity index (χ2n) is 4.01. The predicted molar refractivity (Wildman–Crippen MR) is 70.9 cm³/mol. The fraction of sp³-hybridized carbons (Fsp3) is 0.0833. The van der Waals surface area contributed by atoms with E-state index in [2.05, 4.69) is 9.97 Å². The minimum atomic E-state index is -1.57. The molecule has 2 aromatic rings. The third-order valence-electron chi connectivity index (χ3n) is 2.43. The Morgan fingerprint density at radius 3 is 2.52 bits per heavy atom. The van der Waals surface area contributed by atoms with Gasteiger partial charge in [0.25, 0.3) is 5.69 Å². The number of hydrogen-bond donors (Lipinski definition) is 1. The number of hydrogen-bond acceptors (Lipinski definition) is 6. The highest BCUT2D eigenvalue weighted by molar-refractivity contribution is 7.99. The molecule has 7 nitrogen and oxygen atoms in total. The van der Waals surface area contributed by atoms with Gasteiger partial charge in [-0.25, -0.2) is 19.2 Å². The maximum absolute atomic E-state index is 13.7. The first-order valence-electron chi connectivity index (χ1n) is 5.56. The number of carbonyl (C=O) groups is 1. The Labute approximate surface area is 122 Å². The largest absolute Gasteiger partial charge is 0.478 e. The first-order chi connectivity index (χ1) is 9.88. The summed E-state index contributed by atoms with van der Waals surface area (Å²) in [6.45, 7) is 1.78. The molecule has 0 saturated heterocycles. The Hall–Kier alpha value is -2.55. The molecule has 21 heavy (non-hydrogen) atoms. The van der Waals surface area contributed by atoms with Gasteiger partial charge in [0.05, 0.1) is 9.82 Å². The zero-order valence-electron chi connectivity index (χ0n) is 10.6. The molecule has 0 unspecified atom stereocenters. The Morgan fingerprint density at radius 2 is 2.00 bits per heavy atom. The minimum absolute atomic E-state index is 0.0636. The summed E-state index contributed by atoms with van der Waals surface area (Å²) in [4.78, 5) is 28.9. The molecule has 9 heteroatoms. The molecule has 0 aliphatic heterocycles. The number of rotatable bonds is 4. The van der Waals surface area contributed by atoms with E-state index in [-0.39, 0.29) is 10.1 Å². The van der Waals surface area contributed by atoms with Crippen LogP contribution >= 0.6 is 11.8 Å². The molecule has 1 heterocycles. The van der Waals surface area contributed by atoms with Crippen LogP contribution in [0.4, 0.5) is 10.1 Å². The maximum Gasteiger partial charge on any atom is 0.338 e. The molecule has 2 rings (SSSR count). The van der Waals surface area contributed by atoms with Crippen molar-refractivity contribution in [3.63, 3.8) is 0 Å². The van der Waals surface area contributed by atoms with Gasteiger partial charge in [-0.1, -0.05) is 0 Å². The van der Waals surface area contributed by atoms with Crippen molar-refractivity contribution in [1.82, 2.24) is 9.97 Å². The van der Waals surface area contributed by atoms with Crippen LogP contribution in [0.25, 0.3) is 0 Å². The topological polar surface area (TPSA) is 106 Å². The van der Waals surface area contributed by atoms with Gasteiger partial charge in [0.1, 0.15) is 11.4 Å². The summed E-state index contributed by atoms with van der Waals surface area (Å²) >= 11 is 0.789. The van der Waals surface area contributed by atoms with Crippen LogP contribution in [-0.2, 0) is 0 Å². The summed E-state index contributed by atoms with van der Waals surface area (Å²) in [6.07, 6.45) is 3.03. The van der Waals surface area contributed by atoms with E-state index < -0.39 is 28.0 Å². The van der Waals surface area contributed by atoms with Gasteiger partial charge >= 0.3 is 5.97 Å². The Bertz CT molecular complexity index is 721. The normalized spacial score (nSPS) is 10.4. The first kappa shape index (κ1) is 14.9. The van der Waals surface area contributed by atoms with E-state index in [9.17, 15) is 19.3 Å². The first-order valence-corrected chi connectivity index (χ1v) is 6.38. The molecule has 0 atom stereocenters. The predicted octanol–water partition coefficient (Wildman–Crippen LogP) is 2.68. The van der Waals surface area contributed by atoms with Crippen molar-refractivity contribution in [3.05, 3.63) is 51.6 Å². The summed E-state index contributed by atoms with van der Waals surface area (Å²) < 4.78 is 13.7. The lowest BCUT2D eigenvalue weighted by Gasteiger charge is -2.04. The highest BCUT2D eigenvalue weighted by Gasteiger charge is 2.23. The smallest absolute Gasteiger partial charge is 0.338 e. The van der Waals surface area contributed by atoms with Gasteiger partial charge in [-0.15, -0.1) is 0 Å². The molecule has 1 N–H and O–H groups in total. The van der Waals surface area contributed by atoms with Crippen LogP contribution in [0, 0.1) is 22.9 Å². The van der Waals surface area contributed by atoms with Crippen molar-refractivity contribution in [1.29, 1.82) is 0 Å². The fourth-order valence-corrected chi connectivity index (χ4v) is 2.27. The van der Waals surface area contributed by atoms with Crippen LogP contribution in [0.2, 0.25) is 0 Å². The van der Waals surface area contributed by atoms with Gasteiger partial charge < -0.3 is 5.11 Å². The van der Waals surface area contributed by atoms with Gasteiger partial charge in [0.15, 0.2) is 5.16 Å². The maximum atomic E-state index is 13.7. The standard InChI is InChI=1S/C12H8FN3O4S/c1-6-4-14-12(15-5-6)21-10-3-8(13)7(11(17)18)2-9(10)16(19)20/h2-5H,1H3,(H,17,18). The van der Waals surface area contributed by atoms with Gasteiger partial charge in [-0.3, -0.25) is 10.1 Å². The van der Waals surface area contributed by atoms with Gasteiger partial charge in [0.2, 0.25) is 0 Å². The molecule has 0 amide bonds. The number of nitro groups is 1. The Kier molecular flexibility index (Phi) is 4.13. The van der Waals surface area contributed by atoms with Crippen LogP contribution in [-0.4, -0.2) is 26.0 Å². The van der Waals surface area contributed by atoms with Crippen molar-refractivity contribution in [2.24, 2.45) is 0 Å². The third kappa shape index (κ3) is 3.31. The monoisotopic (exact) mass is 309 g/mol. The molecule has 0 bridgehead atoms. The quantitative estimate of drug-likeness (QED) is 0.525. The molecule has 108 valence electrons. The zero-order chi connectivity index (χ0) is 15.6. The molecule has 1 aromatic heterocycles. The number of benzene rings is 1. The second kappa shape index (κ2) is 5.83.